The normalized spacial score (nSPS) is 16.0. The molecule has 1 amide bonds. The van der Waals surface area contributed by atoms with Crippen molar-refractivity contribution in [3.05, 3.63) is 84.2 Å². The number of amides is 1. The van der Waals surface area contributed by atoms with Gasteiger partial charge in [0.15, 0.2) is 0 Å². The Kier molecular flexibility index (Phi) is 5.27. The second-order valence-corrected chi connectivity index (χ2v) is 8.00. The Morgan fingerprint density at radius 2 is 1.72 bits per heavy atom. The molecule has 1 aliphatic heterocycles. The van der Waals surface area contributed by atoms with E-state index in [0.29, 0.717) is 19.5 Å². The summed E-state index contributed by atoms with van der Waals surface area (Å²) in [5, 5.41) is 0. The summed E-state index contributed by atoms with van der Waals surface area (Å²) in [6.07, 6.45) is 0.434. The fraction of sp³-hybridized carbons (Fsp3) is 0.231. The minimum atomic E-state index is 0.0133. The Hall–Kier alpha value is -3.80. The third-order valence-electron chi connectivity index (χ3n) is 6.04. The largest absolute Gasteiger partial charge is 0.497 e. The number of fused-ring (bicyclic) bond motifs is 1. The first-order valence-corrected chi connectivity index (χ1v) is 10.7. The Bertz CT molecular complexity index is 1260. The number of imidazole rings is 1. The number of hydrogen-bond acceptors (Lipinski definition) is 4. The van der Waals surface area contributed by atoms with Gasteiger partial charge in [0.1, 0.15) is 17.3 Å². The number of anilines is 1. The van der Waals surface area contributed by atoms with Gasteiger partial charge in [-0.1, -0.05) is 30.3 Å². The number of benzene rings is 3. The number of carbonyl (C=O) groups is 1. The fourth-order valence-corrected chi connectivity index (χ4v) is 4.39. The van der Waals surface area contributed by atoms with Gasteiger partial charge in [0.25, 0.3) is 0 Å². The first kappa shape index (κ1) is 20.1. The van der Waals surface area contributed by atoms with Gasteiger partial charge in [-0.2, -0.15) is 0 Å². The van der Waals surface area contributed by atoms with Gasteiger partial charge in [0.2, 0.25) is 5.91 Å². The van der Waals surface area contributed by atoms with E-state index >= 15 is 0 Å². The van der Waals surface area contributed by atoms with Crippen molar-refractivity contribution in [3.8, 4) is 11.5 Å². The number of hydrogen-bond donors (Lipinski definition) is 0. The molecule has 32 heavy (non-hydrogen) atoms. The van der Waals surface area contributed by atoms with Crippen LogP contribution in [0, 0.1) is 0 Å². The van der Waals surface area contributed by atoms with E-state index in [9.17, 15) is 4.79 Å². The van der Waals surface area contributed by atoms with Gasteiger partial charge >= 0.3 is 0 Å². The second-order valence-electron chi connectivity index (χ2n) is 8.00. The highest BCUT2D eigenvalue weighted by molar-refractivity contribution is 5.96. The summed E-state index contributed by atoms with van der Waals surface area (Å²) in [6.45, 7) is 1.28. The average molecular weight is 428 g/mol. The molecule has 0 radical (unpaired) electrons. The summed E-state index contributed by atoms with van der Waals surface area (Å²) in [6, 6.07) is 23.9. The van der Waals surface area contributed by atoms with E-state index in [2.05, 4.69) is 22.8 Å². The van der Waals surface area contributed by atoms with E-state index in [1.807, 2.05) is 59.5 Å². The van der Waals surface area contributed by atoms with Crippen LogP contribution in [0.5, 0.6) is 11.5 Å². The van der Waals surface area contributed by atoms with Crippen LogP contribution in [-0.4, -0.2) is 36.2 Å². The standard InChI is InChI=1S/C26H25N3O3/c1-31-21-12-10-18(11-13-21)16-29-24-9-4-3-8-23(24)27-26(29)19-14-25(30)28(17-19)20-6-5-7-22(15-20)32-2/h3-13,15,19H,14,16-17H2,1-2H3/t19-/m0/s1. The Balaban J connectivity index is 1.49. The Labute approximate surface area is 187 Å². The molecule has 0 N–H and O–H groups in total. The van der Waals surface area contributed by atoms with Crippen molar-refractivity contribution >= 4 is 22.6 Å². The molecule has 3 aromatic carbocycles. The molecule has 1 aliphatic rings. The van der Waals surface area contributed by atoms with E-state index in [4.69, 9.17) is 14.5 Å². The van der Waals surface area contributed by atoms with Crippen LogP contribution in [0.3, 0.4) is 0 Å². The molecule has 6 nitrogen and oxygen atoms in total. The van der Waals surface area contributed by atoms with Crippen LogP contribution >= 0.6 is 0 Å². The molecule has 2 heterocycles. The maximum Gasteiger partial charge on any atom is 0.227 e. The highest BCUT2D eigenvalue weighted by Gasteiger charge is 2.35. The molecule has 0 aliphatic carbocycles. The zero-order valence-corrected chi connectivity index (χ0v) is 18.2. The molecule has 1 atom stereocenters. The second kappa shape index (κ2) is 8.38. The van der Waals surface area contributed by atoms with E-state index in [1.165, 1.54) is 0 Å². The maximum absolute atomic E-state index is 12.9. The predicted molar refractivity (Wildman–Crippen MR) is 125 cm³/mol. The summed E-state index contributed by atoms with van der Waals surface area (Å²) >= 11 is 0. The van der Waals surface area contributed by atoms with Gasteiger partial charge < -0.3 is 18.9 Å². The quantitative estimate of drug-likeness (QED) is 0.451. The number of nitrogens with zero attached hydrogens (tertiary/aromatic N) is 3. The third-order valence-corrected chi connectivity index (χ3v) is 6.04. The third kappa shape index (κ3) is 3.68. The van der Waals surface area contributed by atoms with Crippen LogP contribution < -0.4 is 14.4 Å². The Morgan fingerprint density at radius 3 is 2.50 bits per heavy atom. The predicted octanol–water partition coefficient (Wildman–Crippen LogP) is 4.62. The molecule has 1 fully saturated rings. The molecular formula is C26H25N3O3. The zero-order valence-electron chi connectivity index (χ0n) is 18.2. The van der Waals surface area contributed by atoms with Crippen molar-refractivity contribution in [2.75, 3.05) is 25.7 Å². The van der Waals surface area contributed by atoms with Crippen molar-refractivity contribution in [2.45, 2.75) is 18.9 Å². The number of carbonyl (C=O) groups excluding carboxylic acids is 1. The fourth-order valence-electron chi connectivity index (χ4n) is 4.39. The molecule has 5 rings (SSSR count). The van der Waals surface area contributed by atoms with Gasteiger partial charge in [-0.25, -0.2) is 4.98 Å². The molecule has 0 saturated carbocycles. The van der Waals surface area contributed by atoms with E-state index in [1.54, 1.807) is 14.2 Å². The van der Waals surface area contributed by atoms with Crippen molar-refractivity contribution in [3.63, 3.8) is 0 Å². The molecular weight excluding hydrogens is 402 g/mol. The summed E-state index contributed by atoms with van der Waals surface area (Å²) < 4.78 is 12.9. The average Bonchev–Trinajstić information content (AvgIpc) is 3.40. The van der Waals surface area contributed by atoms with E-state index in [-0.39, 0.29) is 11.8 Å². The minimum absolute atomic E-state index is 0.0133. The smallest absolute Gasteiger partial charge is 0.227 e. The summed E-state index contributed by atoms with van der Waals surface area (Å²) in [4.78, 5) is 19.7. The van der Waals surface area contributed by atoms with Crippen molar-refractivity contribution in [2.24, 2.45) is 0 Å². The lowest BCUT2D eigenvalue weighted by Gasteiger charge is -2.18. The lowest BCUT2D eigenvalue weighted by atomic mass is 10.1. The summed E-state index contributed by atoms with van der Waals surface area (Å²) in [7, 11) is 3.30. The van der Waals surface area contributed by atoms with Crippen LogP contribution in [0.15, 0.2) is 72.8 Å². The molecule has 1 saturated heterocycles. The molecule has 1 aromatic heterocycles. The molecule has 0 spiro atoms. The van der Waals surface area contributed by atoms with Crippen LogP contribution in [0.25, 0.3) is 11.0 Å². The van der Waals surface area contributed by atoms with Crippen LogP contribution in [0.4, 0.5) is 5.69 Å². The maximum atomic E-state index is 12.9. The first-order chi connectivity index (χ1) is 15.7. The molecule has 162 valence electrons. The van der Waals surface area contributed by atoms with Gasteiger partial charge in [-0.05, 0) is 42.0 Å². The van der Waals surface area contributed by atoms with Crippen LogP contribution in [-0.2, 0) is 11.3 Å². The van der Waals surface area contributed by atoms with Gasteiger partial charge in [-0.3, -0.25) is 4.79 Å². The molecule has 0 unspecified atom stereocenters. The van der Waals surface area contributed by atoms with E-state index < -0.39 is 0 Å². The number of para-hydroxylation sites is 2. The van der Waals surface area contributed by atoms with Crippen molar-refractivity contribution < 1.29 is 14.3 Å². The summed E-state index contributed by atoms with van der Waals surface area (Å²) in [5.41, 5.74) is 4.03. The molecule has 4 aromatic rings. The van der Waals surface area contributed by atoms with Crippen molar-refractivity contribution in [1.82, 2.24) is 9.55 Å². The van der Waals surface area contributed by atoms with Crippen molar-refractivity contribution in [1.29, 1.82) is 0 Å². The first-order valence-electron chi connectivity index (χ1n) is 10.7. The highest BCUT2D eigenvalue weighted by atomic mass is 16.5. The monoisotopic (exact) mass is 427 g/mol. The highest BCUT2D eigenvalue weighted by Crippen LogP contribution is 2.34. The van der Waals surface area contributed by atoms with Gasteiger partial charge in [0, 0.05) is 37.2 Å². The minimum Gasteiger partial charge on any atom is -0.497 e. The van der Waals surface area contributed by atoms with Crippen LogP contribution in [0.1, 0.15) is 23.7 Å². The number of methoxy groups -OCH3 is 2. The lowest BCUT2D eigenvalue weighted by molar-refractivity contribution is -0.117. The lowest BCUT2D eigenvalue weighted by Crippen LogP contribution is -2.24. The molecule has 0 bridgehead atoms. The Morgan fingerprint density at radius 1 is 0.938 bits per heavy atom. The van der Waals surface area contributed by atoms with Gasteiger partial charge in [0.05, 0.1) is 25.3 Å². The number of ether oxygens (including phenoxy) is 2. The van der Waals surface area contributed by atoms with Gasteiger partial charge in [-0.15, -0.1) is 0 Å². The topological polar surface area (TPSA) is 56.6 Å². The SMILES string of the molecule is COc1ccc(Cn2c([C@H]3CC(=O)N(c4cccc(OC)c4)C3)nc3ccccc32)cc1. The molecule has 6 heteroatoms. The van der Waals surface area contributed by atoms with Crippen LogP contribution in [0.2, 0.25) is 0 Å². The summed E-state index contributed by atoms with van der Waals surface area (Å²) in [5.74, 6) is 2.64. The zero-order chi connectivity index (χ0) is 22.1. The van der Waals surface area contributed by atoms with E-state index in [0.717, 1.165) is 39.6 Å². The number of aromatic nitrogens is 2. The number of rotatable bonds is 6.